The van der Waals surface area contributed by atoms with Gasteiger partial charge >= 0.3 is 5.97 Å². The Morgan fingerprint density at radius 1 is 1.04 bits per heavy atom. The van der Waals surface area contributed by atoms with Gasteiger partial charge in [-0.2, -0.15) is 0 Å². The Morgan fingerprint density at radius 3 is 2.21 bits per heavy atom. The summed E-state index contributed by atoms with van der Waals surface area (Å²) in [6.45, 7) is 6.61. The third-order valence-corrected chi connectivity index (χ3v) is 4.06. The average molecular weight is 326 g/mol. The molecule has 0 saturated carbocycles. The Balaban J connectivity index is 1.91. The molecular formula is C21H26O3. The first-order chi connectivity index (χ1) is 11.4. The lowest BCUT2D eigenvalue weighted by atomic mass is 9.87. The van der Waals surface area contributed by atoms with E-state index in [1.807, 2.05) is 42.5 Å². The number of benzene rings is 2. The highest BCUT2D eigenvalue weighted by molar-refractivity contribution is 5.89. The van der Waals surface area contributed by atoms with Gasteiger partial charge in [0.25, 0.3) is 0 Å². The Kier molecular flexibility index (Phi) is 6.16. The summed E-state index contributed by atoms with van der Waals surface area (Å²) in [5.41, 5.74) is 2.90. The molecule has 1 N–H and O–H groups in total. The van der Waals surface area contributed by atoms with Crippen molar-refractivity contribution in [3.63, 3.8) is 0 Å². The molecule has 2 rings (SSSR count). The molecule has 24 heavy (non-hydrogen) atoms. The maximum Gasteiger partial charge on any atom is 0.338 e. The second-order valence-corrected chi connectivity index (χ2v) is 7.16. The van der Waals surface area contributed by atoms with Crippen LogP contribution < -0.4 is 0 Å². The minimum Gasteiger partial charge on any atom is -0.462 e. The molecule has 0 amide bonds. The van der Waals surface area contributed by atoms with Crippen LogP contribution in [0.3, 0.4) is 0 Å². The Labute approximate surface area is 144 Å². The molecular weight excluding hydrogens is 300 g/mol. The fraction of sp³-hybridized carbons (Fsp3) is 0.381. The maximum absolute atomic E-state index is 12.2. The van der Waals surface area contributed by atoms with Crippen molar-refractivity contribution in [1.82, 2.24) is 0 Å². The molecule has 3 nitrogen and oxygen atoms in total. The molecule has 3 heteroatoms. The molecule has 0 unspecified atom stereocenters. The largest absolute Gasteiger partial charge is 0.462 e. The van der Waals surface area contributed by atoms with Crippen LogP contribution in [0.5, 0.6) is 0 Å². The van der Waals surface area contributed by atoms with Crippen LogP contribution in [0.4, 0.5) is 0 Å². The number of aliphatic hydroxyl groups is 1. The van der Waals surface area contributed by atoms with E-state index in [0.29, 0.717) is 12.0 Å². The third kappa shape index (κ3) is 5.20. The summed E-state index contributed by atoms with van der Waals surface area (Å²) in [6.07, 6.45) is 0.688. The van der Waals surface area contributed by atoms with Crippen molar-refractivity contribution >= 4 is 5.97 Å². The van der Waals surface area contributed by atoms with Crippen LogP contribution in [0.25, 0.3) is 0 Å². The van der Waals surface area contributed by atoms with Crippen LogP contribution in [0, 0.1) is 5.92 Å². The molecule has 0 saturated heterocycles. The smallest absolute Gasteiger partial charge is 0.338 e. The topological polar surface area (TPSA) is 46.5 Å². The molecule has 1 atom stereocenters. The van der Waals surface area contributed by atoms with E-state index < -0.39 is 0 Å². The lowest BCUT2D eigenvalue weighted by Gasteiger charge is -2.19. The van der Waals surface area contributed by atoms with E-state index in [0.717, 1.165) is 5.56 Å². The molecule has 2 aromatic carbocycles. The summed E-state index contributed by atoms with van der Waals surface area (Å²) in [4.78, 5) is 12.2. The van der Waals surface area contributed by atoms with Gasteiger partial charge in [0.05, 0.1) is 12.2 Å². The van der Waals surface area contributed by atoms with Gasteiger partial charge in [0.15, 0.2) is 0 Å². The zero-order chi connectivity index (χ0) is 17.6. The number of ether oxygens (including phenoxy) is 1. The average Bonchev–Trinajstić information content (AvgIpc) is 2.58. The van der Waals surface area contributed by atoms with Gasteiger partial charge in [-0.25, -0.2) is 4.79 Å². The molecule has 0 aromatic heterocycles. The molecule has 0 aliphatic carbocycles. The second-order valence-electron chi connectivity index (χ2n) is 7.16. The third-order valence-electron chi connectivity index (χ3n) is 4.06. The first kappa shape index (κ1) is 18.2. The lowest BCUT2D eigenvalue weighted by Crippen LogP contribution is -2.19. The van der Waals surface area contributed by atoms with Crippen molar-refractivity contribution in [2.24, 2.45) is 5.92 Å². The van der Waals surface area contributed by atoms with Gasteiger partial charge in [0, 0.05) is 12.5 Å². The number of rotatable bonds is 6. The van der Waals surface area contributed by atoms with Gasteiger partial charge in [0.1, 0.15) is 0 Å². The molecule has 0 radical (unpaired) electrons. The zero-order valence-electron chi connectivity index (χ0n) is 14.7. The van der Waals surface area contributed by atoms with Gasteiger partial charge in [-0.05, 0) is 35.1 Å². The van der Waals surface area contributed by atoms with Crippen LogP contribution in [0.15, 0.2) is 54.6 Å². The first-order valence-corrected chi connectivity index (χ1v) is 8.32. The van der Waals surface area contributed by atoms with Crippen LogP contribution in [-0.2, 0) is 16.6 Å². The summed E-state index contributed by atoms with van der Waals surface area (Å²) in [5.74, 6) is -0.438. The van der Waals surface area contributed by atoms with E-state index in [2.05, 4.69) is 20.8 Å². The maximum atomic E-state index is 12.2. The summed E-state index contributed by atoms with van der Waals surface area (Å²) < 4.78 is 5.38. The van der Waals surface area contributed by atoms with E-state index in [1.54, 1.807) is 12.1 Å². The van der Waals surface area contributed by atoms with Gasteiger partial charge in [-0.1, -0.05) is 63.2 Å². The van der Waals surface area contributed by atoms with Crippen LogP contribution in [-0.4, -0.2) is 24.3 Å². The van der Waals surface area contributed by atoms with Crippen molar-refractivity contribution in [3.8, 4) is 0 Å². The standard InChI is InChI=1S/C21H26O3/c1-21(2,3)19-11-9-18(10-12-19)20(23)24-15-17(14-22)13-16-7-5-4-6-8-16/h4-12,17,22H,13-15H2,1-3H3/t17-/m1/s1. The molecule has 0 bridgehead atoms. The van der Waals surface area contributed by atoms with Crippen molar-refractivity contribution < 1.29 is 14.6 Å². The number of carbonyl (C=O) groups excluding carboxylic acids is 1. The molecule has 128 valence electrons. The molecule has 0 aliphatic rings. The number of hydrogen-bond acceptors (Lipinski definition) is 3. The van der Waals surface area contributed by atoms with Gasteiger partial charge in [-0.15, -0.1) is 0 Å². The van der Waals surface area contributed by atoms with E-state index in [4.69, 9.17) is 4.74 Å². The first-order valence-electron chi connectivity index (χ1n) is 8.32. The molecule has 0 aliphatic heterocycles. The molecule has 0 heterocycles. The van der Waals surface area contributed by atoms with Crippen LogP contribution in [0.1, 0.15) is 42.3 Å². The summed E-state index contributed by atoms with van der Waals surface area (Å²) in [5, 5.41) is 9.51. The Hall–Kier alpha value is -2.13. The van der Waals surface area contributed by atoms with Crippen molar-refractivity contribution in [2.75, 3.05) is 13.2 Å². The van der Waals surface area contributed by atoms with Crippen LogP contribution in [0.2, 0.25) is 0 Å². The lowest BCUT2D eigenvalue weighted by molar-refractivity contribution is 0.0387. The van der Waals surface area contributed by atoms with Gasteiger partial charge in [0.2, 0.25) is 0 Å². The van der Waals surface area contributed by atoms with E-state index in [1.165, 1.54) is 5.56 Å². The highest BCUT2D eigenvalue weighted by atomic mass is 16.5. The fourth-order valence-electron chi connectivity index (χ4n) is 2.51. The summed E-state index contributed by atoms with van der Waals surface area (Å²) >= 11 is 0. The van der Waals surface area contributed by atoms with E-state index in [-0.39, 0.29) is 30.5 Å². The summed E-state index contributed by atoms with van der Waals surface area (Å²) in [6, 6.07) is 17.4. The number of carbonyl (C=O) groups is 1. The number of hydrogen-bond donors (Lipinski definition) is 1. The Bertz CT molecular complexity index is 639. The molecule has 0 spiro atoms. The fourth-order valence-corrected chi connectivity index (χ4v) is 2.51. The predicted octanol–water partition coefficient (Wildman–Crippen LogP) is 3.99. The zero-order valence-corrected chi connectivity index (χ0v) is 14.7. The highest BCUT2D eigenvalue weighted by Crippen LogP contribution is 2.22. The van der Waals surface area contributed by atoms with Crippen molar-refractivity contribution in [2.45, 2.75) is 32.6 Å². The quantitative estimate of drug-likeness (QED) is 0.816. The van der Waals surface area contributed by atoms with Gasteiger partial charge in [-0.3, -0.25) is 0 Å². The SMILES string of the molecule is CC(C)(C)c1ccc(C(=O)OC[C@@H](CO)Cc2ccccc2)cc1. The van der Waals surface area contributed by atoms with Gasteiger partial charge < -0.3 is 9.84 Å². The molecule has 0 fully saturated rings. The Morgan fingerprint density at radius 2 is 1.67 bits per heavy atom. The van der Waals surface area contributed by atoms with E-state index >= 15 is 0 Å². The monoisotopic (exact) mass is 326 g/mol. The normalized spacial score (nSPS) is 12.7. The minimum absolute atomic E-state index is 0.00879. The van der Waals surface area contributed by atoms with Crippen molar-refractivity contribution in [3.05, 3.63) is 71.3 Å². The molecule has 2 aromatic rings. The number of esters is 1. The highest BCUT2D eigenvalue weighted by Gasteiger charge is 2.16. The summed E-state index contributed by atoms with van der Waals surface area (Å²) in [7, 11) is 0. The second kappa shape index (κ2) is 8.11. The van der Waals surface area contributed by atoms with Crippen LogP contribution >= 0.6 is 0 Å². The number of aliphatic hydroxyl groups excluding tert-OH is 1. The van der Waals surface area contributed by atoms with Crippen molar-refractivity contribution in [1.29, 1.82) is 0 Å². The predicted molar refractivity (Wildman–Crippen MR) is 96.1 cm³/mol. The minimum atomic E-state index is -0.345. The van der Waals surface area contributed by atoms with E-state index in [9.17, 15) is 9.90 Å².